The third-order valence-corrected chi connectivity index (χ3v) is 6.91. The van der Waals surface area contributed by atoms with Crippen molar-refractivity contribution in [2.45, 2.75) is 13.8 Å². The number of para-hydroxylation sites is 1. The molecule has 0 spiro atoms. The first-order chi connectivity index (χ1) is 16.4. The molecular formula is C26H18ClN5OS. The van der Waals surface area contributed by atoms with Gasteiger partial charge in [0.25, 0.3) is 5.56 Å². The molecule has 0 aliphatic carbocycles. The van der Waals surface area contributed by atoms with E-state index in [1.165, 1.54) is 11.3 Å². The molecule has 0 saturated heterocycles. The molecule has 0 aliphatic heterocycles. The van der Waals surface area contributed by atoms with Crippen LogP contribution in [-0.4, -0.2) is 19.7 Å². The number of halogens is 1. The van der Waals surface area contributed by atoms with E-state index < -0.39 is 0 Å². The van der Waals surface area contributed by atoms with Crippen LogP contribution in [0.3, 0.4) is 0 Å². The predicted molar refractivity (Wildman–Crippen MR) is 137 cm³/mol. The van der Waals surface area contributed by atoms with E-state index in [-0.39, 0.29) is 17.0 Å². The molecule has 34 heavy (non-hydrogen) atoms. The van der Waals surface area contributed by atoms with Crippen LogP contribution in [-0.2, 0) is 0 Å². The summed E-state index contributed by atoms with van der Waals surface area (Å²) in [5, 5.41) is 15.9. The molecule has 3 heterocycles. The Morgan fingerprint density at radius 1 is 1.18 bits per heavy atom. The van der Waals surface area contributed by atoms with Crippen molar-refractivity contribution >= 4 is 44.8 Å². The summed E-state index contributed by atoms with van der Waals surface area (Å²) in [6, 6.07) is 19.3. The Kier molecular flexibility index (Phi) is 5.62. The fourth-order valence-electron chi connectivity index (χ4n) is 3.76. The molecule has 2 aromatic carbocycles. The number of aromatic amines is 1. The number of fused-ring (bicyclic) bond motifs is 1. The smallest absolute Gasteiger partial charge is 0.260 e. The Hall–Kier alpha value is -3.99. The molecule has 0 amide bonds. The monoisotopic (exact) mass is 483 g/mol. The Labute approximate surface area is 204 Å². The van der Waals surface area contributed by atoms with Crippen molar-refractivity contribution in [3.8, 4) is 23.0 Å². The highest BCUT2D eigenvalue weighted by Gasteiger charge is 2.16. The average Bonchev–Trinajstić information content (AvgIpc) is 3.38. The van der Waals surface area contributed by atoms with Crippen molar-refractivity contribution in [2.75, 3.05) is 0 Å². The molecule has 6 nitrogen and oxygen atoms in total. The Bertz CT molecular complexity index is 1670. The Morgan fingerprint density at radius 3 is 2.71 bits per heavy atom. The van der Waals surface area contributed by atoms with Gasteiger partial charge >= 0.3 is 0 Å². The number of H-pyrrole nitrogens is 1. The highest BCUT2D eigenvalue weighted by molar-refractivity contribution is 7.18. The lowest BCUT2D eigenvalue weighted by atomic mass is 10.1. The zero-order valence-corrected chi connectivity index (χ0v) is 19.9. The normalized spacial score (nSPS) is 11.6. The molecule has 0 aliphatic rings. The molecule has 0 unspecified atom stereocenters. The number of hydrogen-bond donors (Lipinski definition) is 1. The topological polar surface area (TPSA) is 87.4 Å². The molecule has 0 saturated carbocycles. The van der Waals surface area contributed by atoms with Crippen LogP contribution in [0.4, 0.5) is 0 Å². The minimum absolute atomic E-state index is 0.228. The minimum atomic E-state index is -0.252. The van der Waals surface area contributed by atoms with E-state index in [0.29, 0.717) is 26.5 Å². The number of rotatable bonds is 4. The number of nitriles is 1. The summed E-state index contributed by atoms with van der Waals surface area (Å²) in [5.41, 5.74) is 3.94. The SMILES string of the molecule is Cc1sc2nc(C(C#N)=Cc3cn(-c4ccccc4)nc3-c3cccc(Cl)c3)[nH]c(=O)c2c1C. The second kappa shape index (κ2) is 8.75. The number of nitrogens with zero attached hydrogens (tertiary/aromatic N) is 4. The summed E-state index contributed by atoms with van der Waals surface area (Å²) >= 11 is 7.68. The lowest BCUT2D eigenvalue weighted by molar-refractivity contribution is 0.884. The third-order valence-electron chi connectivity index (χ3n) is 5.58. The van der Waals surface area contributed by atoms with Crippen LogP contribution in [0.1, 0.15) is 21.8 Å². The van der Waals surface area contributed by atoms with E-state index in [4.69, 9.17) is 16.7 Å². The maximum Gasteiger partial charge on any atom is 0.260 e. The molecule has 5 aromatic rings. The summed E-state index contributed by atoms with van der Waals surface area (Å²) in [6.07, 6.45) is 3.54. The van der Waals surface area contributed by atoms with Gasteiger partial charge in [0.2, 0.25) is 0 Å². The maximum absolute atomic E-state index is 12.8. The lowest BCUT2D eigenvalue weighted by Crippen LogP contribution is -2.10. The van der Waals surface area contributed by atoms with Gasteiger partial charge in [-0.3, -0.25) is 4.79 Å². The van der Waals surface area contributed by atoms with E-state index in [1.807, 2.05) is 68.6 Å². The quantitative estimate of drug-likeness (QED) is 0.309. The van der Waals surface area contributed by atoms with Crippen LogP contribution in [0.2, 0.25) is 5.02 Å². The standard InChI is InChI=1S/C26H18ClN5OS/c1-15-16(2)34-26-22(15)25(33)29-24(30-26)18(13-28)11-19-14-32(21-9-4-3-5-10-21)31-23(19)17-7-6-8-20(27)12-17/h3-12,14H,1-2H3,(H,29,30,33). The molecule has 0 fully saturated rings. The first-order valence-electron chi connectivity index (χ1n) is 10.5. The van der Waals surface area contributed by atoms with Gasteiger partial charge in [0.05, 0.1) is 16.6 Å². The molecule has 8 heteroatoms. The summed E-state index contributed by atoms with van der Waals surface area (Å²) in [7, 11) is 0. The van der Waals surface area contributed by atoms with Crippen LogP contribution >= 0.6 is 22.9 Å². The van der Waals surface area contributed by atoms with Crippen molar-refractivity contribution in [1.29, 1.82) is 5.26 Å². The van der Waals surface area contributed by atoms with Crippen molar-refractivity contribution in [1.82, 2.24) is 19.7 Å². The van der Waals surface area contributed by atoms with Crippen LogP contribution in [0.25, 0.3) is 38.8 Å². The highest BCUT2D eigenvalue weighted by Crippen LogP contribution is 2.30. The summed E-state index contributed by atoms with van der Waals surface area (Å²) in [4.78, 5) is 21.8. The first-order valence-corrected chi connectivity index (χ1v) is 11.7. The number of hydrogen-bond acceptors (Lipinski definition) is 5. The van der Waals surface area contributed by atoms with Gasteiger partial charge < -0.3 is 4.98 Å². The van der Waals surface area contributed by atoms with Crippen molar-refractivity contribution in [2.24, 2.45) is 0 Å². The number of nitrogens with one attached hydrogen (secondary N) is 1. The van der Waals surface area contributed by atoms with Gasteiger partial charge in [0.15, 0.2) is 5.82 Å². The highest BCUT2D eigenvalue weighted by atomic mass is 35.5. The minimum Gasteiger partial charge on any atom is -0.305 e. The van der Waals surface area contributed by atoms with Gasteiger partial charge in [-0.15, -0.1) is 11.3 Å². The zero-order valence-electron chi connectivity index (χ0n) is 18.3. The van der Waals surface area contributed by atoms with E-state index in [2.05, 4.69) is 16.0 Å². The lowest BCUT2D eigenvalue weighted by Gasteiger charge is -2.02. The zero-order chi connectivity index (χ0) is 23.8. The molecule has 3 aromatic heterocycles. The van der Waals surface area contributed by atoms with Crippen molar-refractivity contribution in [3.63, 3.8) is 0 Å². The third kappa shape index (κ3) is 3.94. The molecule has 5 rings (SSSR count). The Morgan fingerprint density at radius 2 is 1.97 bits per heavy atom. The van der Waals surface area contributed by atoms with Crippen LogP contribution < -0.4 is 5.56 Å². The second-order valence-electron chi connectivity index (χ2n) is 7.77. The fraction of sp³-hybridized carbons (Fsp3) is 0.0769. The largest absolute Gasteiger partial charge is 0.305 e. The predicted octanol–water partition coefficient (Wildman–Crippen LogP) is 6.17. The molecule has 0 bridgehead atoms. The van der Waals surface area contributed by atoms with E-state index in [9.17, 15) is 10.1 Å². The fourth-order valence-corrected chi connectivity index (χ4v) is 4.98. The van der Waals surface area contributed by atoms with Crippen LogP contribution in [0, 0.1) is 25.2 Å². The molecule has 166 valence electrons. The molecular weight excluding hydrogens is 466 g/mol. The molecule has 1 N–H and O–H groups in total. The van der Waals surface area contributed by atoms with Gasteiger partial charge in [0.1, 0.15) is 16.6 Å². The van der Waals surface area contributed by atoms with Gasteiger partial charge in [-0.25, -0.2) is 9.67 Å². The van der Waals surface area contributed by atoms with E-state index in [0.717, 1.165) is 21.7 Å². The van der Waals surface area contributed by atoms with Crippen molar-refractivity contribution < 1.29 is 0 Å². The van der Waals surface area contributed by atoms with E-state index in [1.54, 1.807) is 16.8 Å². The number of allylic oxidation sites excluding steroid dienone is 1. The summed E-state index contributed by atoms with van der Waals surface area (Å²) in [5.74, 6) is 0.228. The first kappa shape index (κ1) is 21.8. The number of aryl methyl sites for hydroxylation is 2. The van der Waals surface area contributed by atoms with Gasteiger partial charge in [-0.05, 0) is 49.8 Å². The summed E-state index contributed by atoms with van der Waals surface area (Å²) in [6.45, 7) is 3.86. The van der Waals surface area contributed by atoms with Gasteiger partial charge in [-0.2, -0.15) is 10.4 Å². The molecule has 0 atom stereocenters. The van der Waals surface area contributed by atoms with Gasteiger partial charge in [0, 0.05) is 27.2 Å². The second-order valence-corrected chi connectivity index (χ2v) is 9.41. The maximum atomic E-state index is 12.8. The number of aromatic nitrogens is 4. The van der Waals surface area contributed by atoms with Crippen LogP contribution in [0.5, 0.6) is 0 Å². The van der Waals surface area contributed by atoms with E-state index >= 15 is 0 Å². The molecule has 0 radical (unpaired) electrons. The Balaban J connectivity index is 1.70. The van der Waals surface area contributed by atoms with Gasteiger partial charge in [-0.1, -0.05) is 41.9 Å². The summed E-state index contributed by atoms with van der Waals surface area (Å²) < 4.78 is 1.75. The average molecular weight is 484 g/mol. The van der Waals surface area contributed by atoms with Crippen molar-refractivity contribution in [3.05, 3.63) is 98.0 Å². The van der Waals surface area contributed by atoms with Crippen LogP contribution in [0.15, 0.2) is 65.6 Å². The number of thiophene rings is 1. The number of benzene rings is 2.